The Morgan fingerprint density at radius 3 is 2.70 bits per heavy atom. The molecule has 2 heterocycles. The van der Waals surface area contributed by atoms with Gasteiger partial charge >= 0.3 is 5.97 Å². The first-order valence-corrected chi connectivity index (χ1v) is 8.99. The van der Waals surface area contributed by atoms with Gasteiger partial charge in [-0.3, -0.25) is 9.59 Å². The number of halogens is 1. The summed E-state index contributed by atoms with van der Waals surface area (Å²) in [4.78, 5) is 37.4. The van der Waals surface area contributed by atoms with Crippen LogP contribution < -0.4 is 10.1 Å². The molecule has 0 radical (unpaired) electrons. The number of carbonyl (C=O) groups excluding carboxylic acids is 3. The quantitative estimate of drug-likeness (QED) is 0.762. The van der Waals surface area contributed by atoms with Crippen molar-refractivity contribution in [1.29, 1.82) is 0 Å². The fraction of sp³-hybridized carbons (Fsp3) is 0.278. The highest BCUT2D eigenvalue weighted by Crippen LogP contribution is 2.26. The van der Waals surface area contributed by atoms with Crippen molar-refractivity contribution >= 4 is 34.1 Å². The first kappa shape index (κ1) is 18.8. The van der Waals surface area contributed by atoms with Crippen molar-refractivity contribution in [3.63, 3.8) is 0 Å². The zero-order chi connectivity index (χ0) is 19.4. The minimum absolute atomic E-state index is 0.00806. The van der Waals surface area contributed by atoms with Gasteiger partial charge in [-0.2, -0.15) is 0 Å². The molecule has 1 N–H and O–H groups in total. The summed E-state index contributed by atoms with van der Waals surface area (Å²) in [5.74, 6) is -2.04. The highest BCUT2D eigenvalue weighted by molar-refractivity contribution is 7.14. The number of nitrogens with zero attached hydrogens (tertiary/aromatic N) is 1. The lowest BCUT2D eigenvalue weighted by molar-refractivity contribution is -0.143. The van der Waals surface area contributed by atoms with Gasteiger partial charge < -0.3 is 19.7 Å². The molecule has 27 heavy (non-hydrogen) atoms. The average molecular weight is 392 g/mol. The molecule has 0 atom stereocenters. The smallest absolute Gasteiger partial charge is 0.340 e. The summed E-state index contributed by atoms with van der Waals surface area (Å²) < 4.78 is 23.3. The Morgan fingerprint density at radius 1 is 1.26 bits per heavy atom. The maximum absolute atomic E-state index is 13.5. The minimum Gasteiger partial charge on any atom is -0.481 e. The van der Waals surface area contributed by atoms with E-state index in [1.165, 1.54) is 41.5 Å². The molecule has 1 saturated heterocycles. The number of rotatable bonds is 6. The zero-order valence-electron chi connectivity index (χ0n) is 14.4. The van der Waals surface area contributed by atoms with Crippen molar-refractivity contribution in [2.45, 2.75) is 0 Å². The van der Waals surface area contributed by atoms with E-state index < -0.39 is 11.8 Å². The number of ether oxygens (including phenoxy) is 2. The molecule has 0 saturated carbocycles. The molecule has 142 valence electrons. The fourth-order valence-corrected chi connectivity index (χ4v) is 3.31. The van der Waals surface area contributed by atoms with Gasteiger partial charge in [0, 0.05) is 13.1 Å². The van der Waals surface area contributed by atoms with Gasteiger partial charge in [0.15, 0.2) is 18.2 Å². The van der Waals surface area contributed by atoms with Crippen LogP contribution >= 0.6 is 11.3 Å². The van der Waals surface area contributed by atoms with Crippen LogP contribution in [-0.2, 0) is 14.3 Å². The molecule has 2 amide bonds. The molecule has 1 aromatic heterocycles. The predicted molar refractivity (Wildman–Crippen MR) is 96.3 cm³/mol. The molecule has 0 spiro atoms. The van der Waals surface area contributed by atoms with E-state index in [1.807, 2.05) is 0 Å². The van der Waals surface area contributed by atoms with Crippen LogP contribution in [0.15, 0.2) is 35.7 Å². The SMILES string of the molecule is COC(=O)c1ccsc1NC(=O)C1CN(C(=O)COc2ccccc2F)C1. The van der Waals surface area contributed by atoms with Crippen LogP contribution in [0.25, 0.3) is 0 Å². The van der Waals surface area contributed by atoms with Gasteiger partial charge in [0.05, 0.1) is 18.6 Å². The van der Waals surface area contributed by atoms with Crippen molar-refractivity contribution < 1.29 is 28.2 Å². The summed E-state index contributed by atoms with van der Waals surface area (Å²) in [5, 5.41) is 4.79. The number of thiophene rings is 1. The number of anilines is 1. The minimum atomic E-state index is -0.538. The number of esters is 1. The van der Waals surface area contributed by atoms with Gasteiger partial charge in [-0.15, -0.1) is 11.3 Å². The second-order valence-electron chi connectivity index (χ2n) is 5.86. The zero-order valence-corrected chi connectivity index (χ0v) is 15.3. The van der Waals surface area contributed by atoms with Crippen LogP contribution in [0.2, 0.25) is 0 Å². The van der Waals surface area contributed by atoms with E-state index in [2.05, 4.69) is 10.1 Å². The molecule has 3 rings (SSSR count). The van der Waals surface area contributed by atoms with Crippen molar-refractivity contribution in [3.05, 3.63) is 47.1 Å². The maximum atomic E-state index is 13.5. The van der Waals surface area contributed by atoms with E-state index in [-0.39, 0.29) is 43.2 Å². The lowest BCUT2D eigenvalue weighted by Crippen LogP contribution is -2.55. The van der Waals surface area contributed by atoms with Gasteiger partial charge in [0.1, 0.15) is 5.00 Å². The summed E-state index contributed by atoms with van der Waals surface area (Å²) in [6, 6.07) is 7.40. The first-order valence-electron chi connectivity index (χ1n) is 8.11. The van der Waals surface area contributed by atoms with Crippen LogP contribution in [0, 0.1) is 11.7 Å². The van der Waals surface area contributed by atoms with Crippen molar-refractivity contribution in [1.82, 2.24) is 4.90 Å². The summed E-state index contributed by atoms with van der Waals surface area (Å²) in [5.41, 5.74) is 0.293. The number of nitrogens with one attached hydrogen (secondary N) is 1. The Morgan fingerprint density at radius 2 is 2.00 bits per heavy atom. The third-order valence-corrected chi connectivity index (χ3v) is 4.93. The Labute approximate surface area is 158 Å². The third-order valence-electron chi connectivity index (χ3n) is 4.10. The molecule has 0 aliphatic carbocycles. The number of amides is 2. The summed E-state index contributed by atoms with van der Waals surface area (Å²) in [7, 11) is 1.27. The lowest BCUT2D eigenvalue weighted by Gasteiger charge is -2.38. The van der Waals surface area contributed by atoms with E-state index >= 15 is 0 Å². The van der Waals surface area contributed by atoms with E-state index in [9.17, 15) is 18.8 Å². The second-order valence-corrected chi connectivity index (χ2v) is 6.78. The van der Waals surface area contributed by atoms with Crippen LogP contribution in [0.1, 0.15) is 10.4 Å². The molecule has 1 aromatic carbocycles. The molecular formula is C18H17FN2O5S. The number of benzene rings is 1. The van der Waals surface area contributed by atoms with Crippen LogP contribution in [-0.4, -0.2) is 49.5 Å². The number of likely N-dealkylation sites (tertiary alicyclic amines) is 1. The number of hydrogen-bond acceptors (Lipinski definition) is 6. The van der Waals surface area contributed by atoms with Gasteiger partial charge in [0.25, 0.3) is 5.91 Å². The summed E-state index contributed by atoms with van der Waals surface area (Å²) >= 11 is 1.22. The Balaban J connectivity index is 1.47. The second kappa shape index (κ2) is 8.17. The third kappa shape index (κ3) is 4.25. The topological polar surface area (TPSA) is 84.9 Å². The van der Waals surface area contributed by atoms with Crippen molar-refractivity contribution in [2.24, 2.45) is 5.92 Å². The van der Waals surface area contributed by atoms with Crippen molar-refractivity contribution in [3.8, 4) is 5.75 Å². The summed E-state index contributed by atoms with van der Waals surface area (Å²) in [6.07, 6.45) is 0. The Hall–Kier alpha value is -2.94. The molecule has 9 heteroatoms. The standard InChI is InChI=1S/C18H17FN2O5S/c1-25-18(24)12-6-7-27-17(12)20-16(23)11-8-21(9-11)15(22)10-26-14-5-3-2-4-13(14)19/h2-7,11H,8-10H2,1H3,(H,20,23). The molecular weight excluding hydrogens is 375 g/mol. The lowest BCUT2D eigenvalue weighted by atomic mass is 9.99. The number of methoxy groups -OCH3 is 1. The highest BCUT2D eigenvalue weighted by atomic mass is 32.1. The molecule has 1 fully saturated rings. The molecule has 0 unspecified atom stereocenters. The molecule has 2 aromatic rings. The monoisotopic (exact) mass is 392 g/mol. The summed E-state index contributed by atoms with van der Waals surface area (Å²) in [6.45, 7) is 0.182. The molecule has 1 aliphatic heterocycles. The molecule has 0 bridgehead atoms. The van der Waals surface area contributed by atoms with Crippen LogP contribution in [0.5, 0.6) is 5.75 Å². The fourth-order valence-electron chi connectivity index (χ4n) is 2.53. The van der Waals surface area contributed by atoms with E-state index in [0.29, 0.717) is 10.6 Å². The predicted octanol–water partition coefficient (Wildman–Crippen LogP) is 2.15. The largest absolute Gasteiger partial charge is 0.481 e. The van der Waals surface area contributed by atoms with Gasteiger partial charge in [-0.1, -0.05) is 12.1 Å². The average Bonchev–Trinajstić information content (AvgIpc) is 3.07. The van der Waals surface area contributed by atoms with E-state index in [4.69, 9.17) is 4.74 Å². The number of carbonyl (C=O) groups is 3. The van der Waals surface area contributed by atoms with Gasteiger partial charge in [-0.05, 0) is 23.6 Å². The first-order chi connectivity index (χ1) is 13.0. The number of hydrogen-bond donors (Lipinski definition) is 1. The van der Waals surface area contributed by atoms with E-state index in [0.717, 1.165) is 0 Å². The normalized spacial score (nSPS) is 13.6. The number of para-hydroxylation sites is 1. The maximum Gasteiger partial charge on any atom is 0.340 e. The molecule has 7 nitrogen and oxygen atoms in total. The van der Waals surface area contributed by atoms with Gasteiger partial charge in [-0.25, -0.2) is 9.18 Å². The Kier molecular flexibility index (Phi) is 5.70. The van der Waals surface area contributed by atoms with Crippen LogP contribution in [0.4, 0.5) is 9.39 Å². The van der Waals surface area contributed by atoms with Crippen molar-refractivity contribution in [2.75, 3.05) is 32.1 Å². The van der Waals surface area contributed by atoms with Gasteiger partial charge in [0.2, 0.25) is 5.91 Å². The Bertz CT molecular complexity index is 863. The van der Waals surface area contributed by atoms with Crippen LogP contribution in [0.3, 0.4) is 0 Å². The van der Waals surface area contributed by atoms with E-state index in [1.54, 1.807) is 17.5 Å². The molecule has 1 aliphatic rings. The highest BCUT2D eigenvalue weighted by Gasteiger charge is 2.36.